The van der Waals surface area contributed by atoms with E-state index >= 15 is 0 Å². The standard InChI is InChI=1S/C13H18N2O4S/c16-10(14-7-9-8-20-12(19)15-9)5-13(6-11(17)18)3-1-2-4-13/h8H,1-7H2,(H,14,16)(H,15,19)(H,17,18). The summed E-state index contributed by atoms with van der Waals surface area (Å²) in [5.41, 5.74) is 0.282. The van der Waals surface area contributed by atoms with Crippen LogP contribution in [0.1, 0.15) is 44.2 Å². The molecule has 2 rings (SSSR count). The number of carboxylic acid groups (broad SMARTS) is 1. The van der Waals surface area contributed by atoms with Crippen LogP contribution >= 0.6 is 11.3 Å². The van der Waals surface area contributed by atoms with E-state index in [1.54, 1.807) is 5.38 Å². The van der Waals surface area contributed by atoms with E-state index in [0.717, 1.165) is 37.0 Å². The molecule has 3 N–H and O–H groups in total. The van der Waals surface area contributed by atoms with E-state index in [1.807, 2.05) is 0 Å². The van der Waals surface area contributed by atoms with Gasteiger partial charge in [-0.05, 0) is 18.3 Å². The first-order valence-corrected chi connectivity index (χ1v) is 7.52. The van der Waals surface area contributed by atoms with Crippen LogP contribution in [0.4, 0.5) is 0 Å². The van der Waals surface area contributed by atoms with Crippen molar-refractivity contribution in [2.24, 2.45) is 5.41 Å². The fourth-order valence-electron chi connectivity index (χ4n) is 2.86. The Balaban J connectivity index is 1.88. The summed E-state index contributed by atoms with van der Waals surface area (Å²) in [6, 6.07) is 0. The van der Waals surface area contributed by atoms with Crippen LogP contribution in [-0.2, 0) is 16.1 Å². The molecule has 0 aliphatic heterocycles. The molecule has 0 aromatic carbocycles. The summed E-state index contributed by atoms with van der Waals surface area (Å²) in [5, 5.41) is 13.4. The van der Waals surface area contributed by atoms with Crippen molar-refractivity contribution in [3.63, 3.8) is 0 Å². The molecule has 6 nitrogen and oxygen atoms in total. The lowest BCUT2D eigenvalue weighted by Gasteiger charge is -2.26. The fourth-order valence-corrected chi connectivity index (χ4v) is 3.44. The van der Waals surface area contributed by atoms with Crippen LogP contribution in [0, 0.1) is 5.41 Å². The summed E-state index contributed by atoms with van der Waals surface area (Å²) in [6.45, 7) is 0.278. The van der Waals surface area contributed by atoms with Crippen molar-refractivity contribution in [3.8, 4) is 0 Å². The first-order valence-electron chi connectivity index (χ1n) is 6.64. The molecule has 0 unspecified atom stereocenters. The second-order valence-electron chi connectivity index (χ2n) is 5.40. The number of aliphatic carboxylic acids is 1. The van der Waals surface area contributed by atoms with Crippen molar-refractivity contribution in [2.75, 3.05) is 0 Å². The number of carbonyl (C=O) groups is 2. The van der Waals surface area contributed by atoms with E-state index < -0.39 is 11.4 Å². The highest BCUT2D eigenvalue weighted by Crippen LogP contribution is 2.43. The van der Waals surface area contributed by atoms with E-state index in [4.69, 9.17) is 5.11 Å². The summed E-state index contributed by atoms with van der Waals surface area (Å²) in [7, 11) is 0. The van der Waals surface area contributed by atoms with Gasteiger partial charge in [-0.25, -0.2) is 0 Å². The quantitative estimate of drug-likeness (QED) is 0.740. The van der Waals surface area contributed by atoms with Gasteiger partial charge in [0.05, 0.1) is 13.0 Å². The number of amides is 1. The van der Waals surface area contributed by atoms with Gasteiger partial charge in [0, 0.05) is 17.5 Å². The molecule has 0 atom stereocenters. The average molecular weight is 298 g/mol. The molecule has 1 heterocycles. The maximum Gasteiger partial charge on any atom is 0.304 e. The summed E-state index contributed by atoms with van der Waals surface area (Å²) in [5.74, 6) is -0.998. The van der Waals surface area contributed by atoms with Crippen molar-refractivity contribution in [2.45, 2.75) is 45.1 Å². The van der Waals surface area contributed by atoms with Crippen molar-refractivity contribution in [1.82, 2.24) is 10.3 Å². The molecule has 0 saturated heterocycles. The van der Waals surface area contributed by atoms with Gasteiger partial charge in [0.2, 0.25) is 5.91 Å². The van der Waals surface area contributed by atoms with Gasteiger partial charge in [-0.3, -0.25) is 14.4 Å². The molecule has 1 amide bonds. The van der Waals surface area contributed by atoms with E-state index in [1.165, 1.54) is 0 Å². The molecule has 1 saturated carbocycles. The van der Waals surface area contributed by atoms with Gasteiger partial charge >= 0.3 is 10.8 Å². The Morgan fingerprint density at radius 3 is 2.60 bits per heavy atom. The maximum absolute atomic E-state index is 12.0. The number of hydrogen-bond donors (Lipinski definition) is 3. The number of carbonyl (C=O) groups excluding carboxylic acids is 1. The molecule has 1 aliphatic rings. The number of aromatic amines is 1. The number of hydrogen-bond acceptors (Lipinski definition) is 4. The molecular formula is C13H18N2O4S. The molecule has 20 heavy (non-hydrogen) atoms. The first kappa shape index (κ1) is 14.8. The number of carboxylic acids is 1. The van der Waals surface area contributed by atoms with Gasteiger partial charge < -0.3 is 15.4 Å². The summed E-state index contributed by atoms with van der Waals surface area (Å²) < 4.78 is 0. The lowest BCUT2D eigenvalue weighted by atomic mass is 9.79. The molecule has 7 heteroatoms. The normalized spacial score (nSPS) is 17.0. The predicted octanol–water partition coefficient (Wildman–Crippen LogP) is 1.48. The topological polar surface area (TPSA) is 99.3 Å². The SMILES string of the molecule is O=C(O)CC1(CC(=O)NCc2csc(=O)[nH]2)CCCC1. The Labute approximate surface area is 120 Å². The number of rotatable bonds is 6. The zero-order chi connectivity index (χ0) is 14.6. The number of aromatic nitrogens is 1. The van der Waals surface area contributed by atoms with E-state index in [0.29, 0.717) is 5.69 Å². The average Bonchev–Trinajstić information content (AvgIpc) is 2.95. The Kier molecular flexibility index (Phi) is 4.59. The first-order chi connectivity index (χ1) is 9.49. The van der Waals surface area contributed by atoms with Crippen LogP contribution < -0.4 is 10.2 Å². The third kappa shape index (κ3) is 3.93. The Morgan fingerprint density at radius 1 is 1.35 bits per heavy atom. The molecule has 1 fully saturated rings. The van der Waals surface area contributed by atoms with E-state index in [2.05, 4.69) is 10.3 Å². The van der Waals surface area contributed by atoms with Crippen molar-refractivity contribution < 1.29 is 14.7 Å². The summed E-state index contributed by atoms with van der Waals surface area (Å²) >= 11 is 1.06. The third-order valence-electron chi connectivity index (χ3n) is 3.77. The van der Waals surface area contributed by atoms with E-state index in [-0.39, 0.29) is 30.2 Å². The fraction of sp³-hybridized carbons (Fsp3) is 0.615. The highest BCUT2D eigenvalue weighted by molar-refractivity contribution is 7.07. The van der Waals surface area contributed by atoms with Crippen molar-refractivity contribution >= 4 is 23.2 Å². The lowest BCUT2D eigenvalue weighted by molar-refractivity contribution is -0.140. The largest absolute Gasteiger partial charge is 0.481 e. The monoisotopic (exact) mass is 298 g/mol. The smallest absolute Gasteiger partial charge is 0.304 e. The minimum atomic E-state index is -0.845. The molecule has 0 bridgehead atoms. The van der Waals surface area contributed by atoms with Crippen LogP contribution in [0.2, 0.25) is 0 Å². The number of H-pyrrole nitrogens is 1. The number of thiazole rings is 1. The third-order valence-corrected chi connectivity index (χ3v) is 4.49. The zero-order valence-corrected chi connectivity index (χ0v) is 11.9. The summed E-state index contributed by atoms with van der Waals surface area (Å²) in [6.07, 6.45) is 3.85. The van der Waals surface area contributed by atoms with Crippen LogP contribution in [0.5, 0.6) is 0 Å². The minimum absolute atomic E-state index is 0.0513. The second kappa shape index (κ2) is 6.21. The molecule has 1 aromatic heterocycles. The van der Waals surface area contributed by atoms with Gasteiger partial charge in [-0.15, -0.1) is 0 Å². The molecule has 0 radical (unpaired) electrons. The van der Waals surface area contributed by atoms with Gasteiger partial charge in [0.15, 0.2) is 0 Å². The molecule has 110 valence electrons. The Bertz CT molecular complexity index is 543. The van der Waals surface area contributed by atoms with Crippen LogP contribution in [0.15, 0.2) is 10.2 Å². The van der Waals surface area contributed by atoms with Gasteiger partial charge in [-0.1, -0.05) is 24.2 Å². The van der Waals surface area contributed by atoms with Crippen LogP contribution in [0.3, 0.4) is 0 Å². The number of nitrogens with one attached hydrogen (secondary N) is 2. The van der Waals surface area contributed by atoms with Crippen molar-refractivity contribution in [1.29, 1.82) is 0 Å². The molecular weight excluding hydrogens is 280 g/mol. The lowest BCUT2D eigenvalue weighted by Crippen LogP contribution is -2.31. The second-order valence-corrected chi connectivity index (χ2v) is 6.25. The van der Waals surface area contributed by atoms with Crippen molar-refractivity contribution in [3.05, 3.63) is 20.7 Å². The highest BCUT2D eigenvalue weighted by atomic mass is 32.1. The maximum atomic E-state index is 12.0. The van der Waals surface area contributed by atoms with Gasteiger partial charge in [0.1, 0.15) is 0 Å². The predicted molar refractivity (Wildman–Crippen MR) is 74.6 cm³/mol. The zero-order valence-electron chi connectivity index (χ0n) is 11.1. The van der Waals surface area contributed by atoms with Gasteiger partial charge in [0.25, 0.3) is 0 Å². The minimum Gasteiger partial charge on any atom is -0.481 e. The van der Waals surface area contributed by atoms with E-state index in [9.17, 15) is 14.4 Å². The van der Waals surface area contributed by atoms with Crippen LogP contribution in [0.25, 0.3) is 0 Å². The van der Waals surface area contributed by atoms with Crippen LogP contribution in [-0.4, -0.2) is 22.0 Å². The Hall–Kier alpha value is -1.63. The Morgan fingerprint density at radius 2 is 2.05 bits per heavy atom. The molecule has 1 aliphatic carbocycles. The van der Waals surface area contributed by atoms with Gasteiger partial charge in [-0.2, -0.15) is 0 Å². The highest BCUT2D eigenvalue weighted by Gasteiger charge is 2.37. The molecule has 1 aromatic rings. The summed E-state index contributed by atoms with van der Waals surface area (Å²) in [4.78, 5) is 36.4. The molecule has 0 spiro atoms.